The van der Waals surface area contributed by atoms with E-state index in [1.807, 2.05) is 12.1 Å². The molecule has 27 heavy (non-hydrogen) atoms. The minimum atomic E-state index is -0.768. The summed E-state index contributed by atoms with van der Waals surface area (Å²) >= 11 is 0. The molecule has 3 aliphatic rings. The van der Waals surface area contributed by atoms with Crippen molar-refractivity contribution in [3.8, 4) is 0 Å². The van der Waals surface area contributed by atoms with Crippen LogP contribution in [-0.4, -0.2) is 109 Å². The number of aliphatic carboxylic acids is 1. The van der Waals surface area contributed by atoms with Gasteiger partial charge in [0.05, 0.1) is 6.42 Å². The molecule has 1 amide bonds. The number of rotatable bonds is 6. The van der Waals surface area contributed by atoms with Crippen LogP contribution < -0.4 is 5.32 Å². The molecule has 0 aromatic carbocycles. The highest BCUT2D eigenvalue weighted by Crippen LogP contribution is 2.22. The van der Waals surface area contributed by atoms with Crippen LogP contribution in [0.1, 0.15) is 32.1 Å². The zero-order valence-corrected chi connectivity index (χ0v) is 16.6. The first kappa shape index (κ1) is 20.5. The Hall–Kier alpha value is -1.22. The van der Waals surface area contributed by atoms with Crippen molar-refractivity contribution >= 4 is 11.9 Å². The van der Waals surface area contributed by atoms with E-state index in [-0.39, 0.29) is 12.3 Å². The first-order chi connectivity index (χ1) is 13.0. The van der Waals surface area contributed by atoms with Gasteiger partial charge in [-0.25, -0.2) is 10.0 Å². The lowest BCUT2D eigenvalue weighted by molar-refractivity contribution is -0.141. The number of carbonyl (C=O) groups excluding carboxylic acids is 1. The zero-order valence-electron chi connectivity index (χ0n) is 16.6. The van der Waals surface area contributed by atoms with Crippen molar-refractivity contribution in [3.05, 3.63) is 0 Å². The number of carbonyl (C=O) groups is 2. The zero-order chi connectivity index (χ0) is 19.2. The van der Waals surface area contributed by atoms with Crippen molar-refractivity contribution in [3.63, 3.8) is 0 Å². The Labute approximate surface area is 162 Å². The summed E-state index contributed by atoms with van der Waals surface area (Å²) in [6, 6.07) is 0.688. The molecule has 0 unspecified atom stereocenters. The lowest BCUT2D eigenvalue weighted by Crippen LogP contribution is -2.55. The van der Waals surface area contributed by atoms with Gasteiger partial charge in [-0.15, -0.1) is 0 Å². The van der Waals surface area contributed by atoms with E-state index in [9.17, 15) is 9.59 Å². The summed E-state index contributed by atoms with van der Waals surface area (Å²) in [4.78, 5) is 28.3. The van der Waals surface area contributed by atoms with Crippen LogP contribution in [0.4, 0.5) is 0 Å². The summed E-state index contributed by atoms with van der Waals surface area (Å²) in [6.07, 6.45) is 4.33. The molecule has 2 N–H and O–H groups in total. The molecule has 8 heteroatoms. The first-order valence-corrected chi connectivity index (χ1v) is 10.5. The fourth-order valence-electron chi connectivity index (χ4n) is 4.59. The summed E-state index contributed by atoms with van der Waals surface area (Å²) in [5.41, 5.74) is 0. The van der Waals surface area contributed by atoms with Gasteiger partial charge in [-0.1, -0.05) is 0 Å². The summed E-state index contributed by atoms with van der Waals surface area (Å²) in [5.74, 6) is -0.317. The molecular formula is C19H35N5O3. The normalized spacial score (nSPS) is 24.4. The molecule has 0 aromatic heterocycles. The Bertz CT molecular complexity index is 496. The summed E-state index contributed by atoms with van der Waals surface area (Å²) in [5, 5.41) is 16.4. The molecule has 3 aliphatic heterocycles. The third-order valence-corrected chi connectivity index (χ3v) is 6.40. The molecule has 3 saturated heterocycles. The topological polar surface area (TPSA) is 79.4 Å². The number of carboxylic acids is 1. The van der Waals surface area contributed by atoms with E-state index in [0.29, 0.717) is 18.5 Å². The number of piperazine rings is 1. The largest absolute Gasteiger partial charge is 0.481 e. The predicted octanol–water partition coefficient (Wildman–Crippen LogP) is -0.0839. The number of hydrogen-bond acceptors (Lipinski definition) is 6. The third-order valence-electron chi connectivity index (χ3n) is 6.40. The van der Waals surface area contributed by atoms with Crippen LogP contribution in [-0.2, 0) is 9.59 Å². The molecule has 3 fully saturated rings. The second-order valence-corrected chi connectivity index (χ2v) is 8.10. The Morgan fingerprint density at radius 2 is 1.63 bits per heavy atom. The lowest BCUT2D eigenvalue weighted by atomic mass is 9.95. The van der Waals surface area contributed by atoms with Crippen LogP contribution in [0.25, 0.3) is 0 Å². The van der Waals surface area contributed by atoms with E-state index in [1.54, 1.807) is 0 Å². The molecule has 0 bridgehead atoms. The van der Waals surface area contributed by atoms with Gasteiger partial charge in [0.15, 0.2) is 0 Å². The highest BCUT2D eigenvalue weighted by Gasteiger charge is 2.32. The van der Waals surface area contributed by atoms with E-state index >= 15 is 0 Å². The van der Waals surface area contributed by atoms with Crippen molar-refractivity contribution in [2.24, 2.45) is 5.92 Å². The Morgan fingerprint density at radius 1 is 1.00 bits per heavy atom. The van der Waals surface area contributed by atoms with Gasteiger partial charge in [-0.05, 0) is 38.8 Å². The van der Waals surface area contributed by atoms with Gasteiger partial charge in [0.25, 0.3) is 0 Å². The molecule has 0 aromatic rings. The molecule has 0 radical (unpaired) electrons. The number of amides is 1. The van der Waals surface area contributed by atoms with Gasteiger partial charge in [0.2, 0.25) is 5.91 Å². The molecule has 8 nitrogen and oxygen atoms in total. The maximum absolute atomic E-state index is 12.9. The quantitative estimate of drug-likeness (QED) is 0.666. The minimum Gasteiger partial charge on any atom is -0.481 e. The SMILES string of the molecule is CN(CCC(=O)O)N1CCC(C(=O)N2CCN(C3CCNCC3)CC2)CC1. The van der Waals surface area contributed by atoms with Crippen molar-refractivity contribution in [2.75, 3.05) is 66.0 Å². The van der Waals surface area contributed by atoms with Crippen molar-refractivity contribution in [1.82, 2.24) is 25.1 Å². The lowest BCUT2D eigenvalue weighted by Gasteiger charge is -2.43. The molecular weight excluding hydrogens is 346 g/mol. The number of nitrogens with one attached hydrogen (secondary N) is 1. The second-order valence-electron chi connectivity index (χ2n) is 8.10. The van der Waals surface area contributed by atoms with Gasteiger partial charge in [0.1, 0.15) is 0 Å². The Kier molecular flexibility index (Phi) is 7.46. The number of hydrazine groups is 1. The molecule has 3 rings (SSSR count). The van der Waals surface area contributed by atoms with Crippen LogP contribution in [0.5, 0.6) is 0 Å². The van der Waals surface area contributed by atoms with Crippen LogP contribution in [0, 0.1) is 5.92 Å². The minimum absolute atomic E-state index is 0.125. The van der Waals surface area contributed by atoms with Crippen molar-refractivity contribution < 1.29 is 14.7 Å². The van der Waals surface area contributed by atoms with Gasteiger partial charge in [-0.3, -0.25) is 14.5 Å². The van der Waals surface area contributed by atoms with Crippen LogP contribution in [0.15, 0.2) is 0 Å². The standard InChI is InChI=1S/C19H35N5O3/c1-21(9-6-18(25)26)24-10-4-16(5-11-24)19(27)23-14-12-22(13-15-23)17-2-7-20-8-3-17/h16-17,20H,2-15H2,1H3,(H,25,26). The average molecular weight is 382 g/mol. The van der Waals surface area contributed by atoms with Gasteiger partial charge >= 0.3 is 5.97 Å². The Balaban J connectivity index is 1.39. The van der Waals surface area contributed by atoms with E-state index in [4.69, 9.17) is 5.11 Å². The molecule has 0 aliphatic carbocycles. The van der Waals surface area contributed by atoms with Crippen molar-refractivity contribution in [2.45, 2.75) is 38.1 Å². The molecule has 0 atom stereocenters. The van der Waals surface area contributed by atoms with Crippen LogP contribution in [0.2, 0.25) is 0 Å². The predicted molar refractivity (Wildman–Crippen MR) is 103 cm³/mol. The summed E-state index contributed by atoms with van der Waals surface area (Å²) in [6.45, 7) is 8.16. The maximum Gasteiger partial charge on any atom is 0.304 e. The van der Waals surface area contributed by atoms with Crippen LogP contribution in [0.3, 0.4) is 0 Å². The summed E-state index contributed by atoms with van der Waals surface area (Å²) < 4.78 is 0. The monoisotopic (exact) mass is 381 g/mol. The molecule has 3 heterocycles. The number of nitrogens with zero attached hydrogens (tertiary/aromatic N) is 4. The average Bonchev–Trinajstić information content (AvgIpc) is 2.72. The molecule has 0 saturated carbocycles. The van der Waals surface area contributed by atoms with Gasteiger partial charge in [-0.2, -0.15) is 0 Å². The summed E-state index contributed by atoms with van der Waals surface area (Å²) in [7, 11) is 1.94. The van der Waals surface area contributed by atoms with E-state index in [2.05, 4.69) is 20.1 Å². The van der Waals surface area contributed by atoms with Crippen molar-refractivity contribution in [1.29, 1.82) is 0 Å². The fraction of sp³-hybridized carbons (Fsp3) is 0.895. The number of carboxylic acid groups (broad SMARTS) is 1. The van der Waals surface area contributed by atoms with E-state index in [0.717, 1.165) is 65.2 Å². The molecule has 0 spiro atoms. The highest BCUT2D eigenvalue weighted by atomic mass is 16.4. The van der Waals surface area contributed by atoms with Crippen LogP contribution >= 0.6 is 0 Å². The second kappa shape index (κ2) is 9.82. The molecule has 154 valence electrons. The van der Waals surface area contributed by atoms with Gasteiger partial charge < -0.3 is 15.3 Å². The van der Waals surface area contributed by atoms with E-state index in [1.165, 1.54) is 12.8 Å². The van der Waals surface area contributed by atoms with E-state index < -0.39 is 5.97 Å². The third kappa shape index (κ3) is 5.63. The first-order valence-electron chi connectivity index (χ1n) is 10.5. The number of hydrogen-bond donors (Lipinski definition) is 2. The smallest absolute Gasteiger partial charge is 0.304 e. The number of piperidine rings is 2. The Morgan fingerprint density at radius 3 is 2.22 bits per heavy atom. The highest BCUT2D eigenvalue weighted by molar-refractivity contribution is 5.79. The van der Waals surface area contributed by atoms with Gasteiger partial charge in [0, 0.05) is 64.8 Å². The fourth-order valence-corrected chi connectivity index (χ4v) is 4.59. The maximum atomic E-state index is 12.9.